The molecule has 0 aliphatic heterocycles. The van der Waals surface area contributed by atoms with E-state index in [1.54, 1.807) is 0 Å². The fourth-order valence-corrected chi connectivity index (χ4v) is 2.04. The van der Waals surface area contributed by atoms with Gasteiger partial charge in [0.05, 0.1) is 16.2 Å². The van der Waals surface area contributed by atoms with E-state index in [1.165, 1.54) is 0 Å². The fraction of sp³-hybridized carbons (Fsp3) is 0.889. The summed E-state index contributed by atoms with van der Waals surface area (Å²) in [5.74, 6) is -0.115. The van der Waals surface area contributed by atoms with Crippen molar-refractivity contribution in [3.05, 3.63) is 0 Å². The Balaban J connectivity index is 0.00000225. The van der Waals surface area contributed by atoms with Gasteiger partial charge in [-0.2, -0.15) is 0 Å². The number of ether oxygens (including phenoxy) is 1. The van der Waals surface area contributed by atoms with Crippen LogP contribution in [0, 0.1) is 0 Å². The van der Waals surface area contributed by atoms with Crippen molar-refractivity contribution in [1.29, 1.82) is 0 Å². The molecule has 88 valence electrons. The molecule has 16 heavy (non-hydrogen) atoms. The van der Waals surface area contributed by atoms with Crippen LogP contribution in [0.15, 0.2) is 0 Å². The summed E-state index contributed by atoms with van der Waals surface area (Å²) in [6.07, 6.45) is 2.80. The van der Waals surface area contributed by atoms with Gasteiger partial charge in [-0.05, 0) is 19.3 Å². The number of carbonyl (C=O) groups excluding carboxylic acids is 1. The van der Waals surface area contributed by atoms with Crippen LogP contribution in [0.3, 0.4) is 0 Å². The third-order valence-electron chi connectivity index (χ3n) is 2.38. The second-order valence-electron chi connectivity index (χ2n) is 3.72. The minimum atomic E-state index is -4.12. The summed E-state index contributed by atoms with van der Waals surface area (Å²) >= 11 is 0. The minimum Gasteiger partial charge on any atom is -0.748 e. The summed E-state index contributed by atoms with van der Waals surface area (Å²) in [6, 6.07) is 0. The number of rotatable bonds is 5. The van der Waals surface area contributed by atoms with Crippen LogP contribution in [-0.4, -0.2) is 37.2 Å². The zero-order valence-electron chi connectivity index (χ0n) is 9.48. The summed E-state index contributed by atoms with van der Waals surface area (Å²) in [4.78, 5) is 10.9. The monoisotopic (exact) mass is 274 g/mol. The van der Waals surface area contributed by atoms with Gasteiger partial charge in [-0.15, -0.1) is 0 Å². The van der Waals surface area contributed by atoms with Crippen LogP contribution in [0.2, 0.25) is 0 Å². The molecule has 0 aromatic carbocycles. The van der Waals surface area contributed by atoms with Crippen molar-refractivity contribution in [1.82, 2.24) is 0 Å². The van der Waals surface area contributed by atoms with E-state index >= 15 is 0 Å². The molecule has 0 bridgehead atoms. The maximum atomic E-state index is 10.9. The van der Waals surface area contributed by atoms with Crippen molar-refractivity contribution >= 4 is 15.9 Å². The Bertz CT molecular complexity index is 304. The normalized spacial score (nSPS) is 18.2. The van der Waals surface area contributed by atoms with Crippen LogP contribution in [0.25, 0.3) is 0 Å². The molecule has 1 aliphatic rings. The van der Waals surface area contributed by atoms with Crippen molar-refractivity contribution in [2.45, 2.75) is 38.2 Å². The Morgan fingerprint density at radius 2 is 1.88 bits per heavy atom. The molecule has 1 fully saturated rings. The van der Waals surface area contributed by atoms with Crippen molar-refractivity contribution in [3.63, 3.8) is 0 Å². The first-order chi connectivity index (χ1) is 6.97. The van der Waals surface area contributed by atoms with Gasteiger partial charge in [-0.3, -0.25) is 4.79 Å². The molecular weight excluding hydrogens is 259 g/mol. The first kappa shape index (κ1) is 17.2. The Morgan fingerprint density at radius 1 is 1.31 bits per heavy atom. The average Bonchev–Trinajstić information content (AvgIpc) is 2.14. The molecule has 0 atom stereocenters. The number of hydrogen-bond acceptors (Lipinski definition) is 5. The standard InChI is InChI=1S/C9H16O5S.K/c10-8-2-4-9(5-3-8)14-6-1-7-15(11,12)13;/h9H,1-7H2,(H,11,12,13);/q;+1/p-1. The maximum Gasteiger partial charge on any atom is 1.00 e. The molecule has 0 spiro atoms. The van der Waals surface area contributed by atoms with Crippen LogP contribution < -0.4 is 51.4 Å². The molecule has 1 rings (SSSR count). The molecule has 0 amide bonds. The molecule has 0 N–H and O–H groups in total. The zero-order chi connectivity index (χ0) is 11.3. The summed E-state index contributed by atoms with van der Waals surface area (Å²) in [5.41, 5.74) is 0. The molecule has 5 nitrogen and oxygen atoms in total. The van der Waals surface area contributed by atoms with E-state index in [0.29, 0.717) is 25.7 Å². The third kappa shape index (κ3) is 8.29. The molecule has 0 radical (unpaired) electrons. The molecule has 7 heteroatoms. The second kappa shape index (κ2) is 8.31. The smallest absolute Gasteiger partial charge is 0.748 e. The van der Waals surface area contributed by atoms with E-state index in [0.717, 1.165) is 0 Å². The largest absolute Gasteiger partial charge is 1.00 e. The summed E-state index contributed by atoms with van der Waals surface area (Å²) in [7, 11) is -4.12. The Kier molecular flexibility index (Phi) is 8.92. The molecule has 0 saturated heterocycles. The third-order valence-corrected chi connectivity index (χ3v) is 3.17. The predicted octanol–water partition coefficient (Wildman–Crippen LogP) is -2.55. The van der Waals surface area contributed by atoms with E-state index < -0.39 is 10.1 Å². The van der Waals surface area contributed by atoms with Crippen LogP contribution in [-0.2, 0) is 19.6 Å². The average molecular weight is 274 g/mol. The van der Waals surface area contributed by atoms with Gasteiger partial charge in [0.2, 0.25) is 0 Å². The first-order valence-electron chi connectivity index (χ1n) is 5.04. The van der Waals surface area contributed by atoms with E-state index in [9.17, 15) is 17.8 Å². The van der Waals surface area contributed by atoms with Gasteiger partial charge in [0.1, 0.15) is 5.78 Å². The van der Waals surface area contributed by atoms with Crippen molar-refractivity contribution in [3.8, 4) is 0 Å². The Morgan fingerprint density at radius 3 is 2.38 bits per heavy atom. The van der Waals surface area contributed by atoms with Crippen LogP contribution in [0.5, 0.6) is 0 Å². The fourth-order valence-electron chi connectivity index (χ4n) is 1.57. The van der Waals surface area contributed by atoms with Gasteiger partial charge < -0.3 is 9.29 Å². The Labute approximate surface area is 138 Å². The molecule has 0 aromatic rings. The van der Waals surface area contributed by atoms with Gasteiger partial charge in [-0.1, -0.05) is 0 Å². The van der Waals surface area contributed by atoms with Gasteiger partial charge in [0.15, 0.2) is 0 Å². The molecular formula is C9H15KO5S. The predicted molar refractivity (Wildman–Crippen MR) is 52.4 cm³/mol. The van der Waals surface area contributed by atoms with Crippen molar-refractivity contribution in [2.24, 2.45) is 0 Å². The molecule has 1 aliphatic carbocycles. The van der Waals surface area contributed by atoms with E-state index in [2.05, 4.69) is 0 Å². The maximum absolute atomic E-state index is 10.9. The van der Waals surface area contributed by atoms with E-state index in [-0.39, 0.29) is 82.1 Å². The first-order valence-corrected chi connectivity index (χ1v) is 6.62. The SMILES string of the molecule is O=C1CCC(OCCCS(=O)(=O)[O-])CC1.[K+]. The van der Waals surface area contributed by atoms with Crippen molar-refractivity contribution < 1.29 is 73.9 Å². The molecule has 1 saturated carbocycles. The van der Waals surface area contributed by atoms with Gasteiger partial charge in [0, 0.05) is 25.2 Å². The van der Waals surface area contributed by atoms with Crippen LogP contribution >= 0.6 is 0 Å². The molecule has 0 heterocycles. The number of ketones is 1. The van der Waals surface area contributed by atoms with Crippen LogP contribution in [0.4, 0.5) is 0 Å². The minimum absolute atomic E-state index is 0. The molecule has 0 aromatic heterocycles. The molecule has 0 unspecified atom stereocenters. The zero-order valence-corrected chi connectivity index (χ0v) is 13.4. The van der Waals surface area contributed by atoms with Gasteiger partial charge in [0.25, 0.3) is 0 Å². The van der Waals surface area contributed by atoms with Crippen molar-refractivity contribution in [2.75, 3.05) is 12.4 Å². The summed E-state index contributed by atoms with van der Waals surface area (Å²) < 4.78 is 36.2. The number of carbonyl (C=O) groups is 1. The summed E-state index contributed by atoms with van der Waals surface area (Å²) in [6.45, 7) is 0.278. The topological polar surface area (TPSA) is 83.5 Å². The Hall–Kier alpha value is 1.18. The quantitative estimate of drug-likeness (QED) is 0.313. The number of Topliss-reactive ketones (excluding diaryl/α,β-unsaturated/α-hetero) is 1. The van der Waals surface area contributed by atoms with Crippen LogP contribution in [0.1, 0.15) is 32.1 Å². The summed E-state index contributed by atoms with van der Waals surface area (Å²) in [5, 5.41) is 0. The van der Waals surface area contributed by atoms with E-state index in [1.807, 2.05) is 0 Å². The second-order valence-corrected chi connectivity index (χ2v) is 5.25. The van der Waals surface area contributed by atoms with Gasteiger partial charge in [-0.25, -0.2) is 8.42 Å². The number of hydrogen-bond donors (Lipinski definition) is 0. The van der Waals surface area contributed by atoms with Gasteiger partial charge >= 0.3 is 51.4 Å². The van der Waals surface area contributed by atoms with E-state index in [4.69, 9.17) is 4.74 Å².